The van der Waals surface area contributed by atoms with E-state index in [9.17, 15) is 0 Å². The third-order valence-corrected chi connectivity index (χ3v) is 3.51. The Balaban J connectivity index is 2.03. The Morgan fingerprint density at radius 2 is 1.89 bits per heavy atom. The lowest BCUT2D eigenvalue weighted by Crippen LogP contribution is -1.86. The summed E-state index contributed by atoms with van der Waals surface area (Å²) in [6.07, 6.45) is 0. The molecule has 0 aliphatic heterocycles. The van der Waals surface area contributed by atoms with Gasteiger partial charge in [-0.1, -0.05) is 15.9 Å². The minimum atomic E-state index is 0.608. The lowest BCUT2D eigenvalue weighted by molar-refractivity contribution is 0.314. The van der Waals surface area contributed by atoms with Gasteiger partial charge in [0.1, 0.15) is 11.3 Å². The number of halogens is 2. The molecule has 0 unspecified atom stereocenters. The summed E-state index contributed by atoms with van der Waals surface area (Å²) in [4.78, 5) is 0. The van der Waals surface area contributed by atoms with Crippen molar-refractivity contribution in [3.63, 3.8) is 0 Å². The third kappa shape index (κ3) is 2.35. The van der Waals surface area contributed by atoms with E-state index in [1.54, 1.807) is 0 Å². The van der Waals surface area contributed by atoms with E-state index >= 15 is 0 Å². The van der Waals surface area contributed by atoms with Crippen molar-refractivity contribution in [1.82, 2.24) is 10.3 Å². The van der Waals surface area contributed by atoms with Crippen molar-refractivity contribution in [2.24, 2.45) is 0 Å². The summed E-state index contributed by atoms with van der Waals surface area (Å²) in [6, 6.07) is 11.4. The predicted molar refractivity (Wildman–Crippen MR) is 78.7 cm³/mol. The highest BCUT2D eigenvalue weighted by Crippen LogP contribution is 2.31. The summed E-state index contributed by atoms with van der Waals surface area (Å²) in [5.41, 5.74) is 1.27. The molecule has 4 nitrogen and oxygen atoms in total. The summed E-state index contributed by atoms with van der Waals surface area (Å²) in [7, 11) is 0. The molecule has 1 aromatic heterocycles. The van der Waals surface area contributed by atoms with Crippen LogP contribution in [0.15, 0.2) is 45.5 Å². The first-order valence-electron chi connectivity index (χ1n) is 5.07. The molecule has 0 aliphatic carbocycles. The van der Waals surface area contributed by atoms with Gasteiger partial charge in [0.2, 0.25) is 0 Å². The van der Waals surface area contributed by atoms with Crippen molar-refractivity contribution in [2.45, 2.75) is 0 Å². The Morgan fingerprint density at radius 3 is 2.67 bits per heavy atom. The van der Waals surface area contributed by atoms with Gasteiger partial charge in [0.05, 0.1) is 0 Å². The van der Waals surface area contributed by atoms with Crippen molar-refractivity contribution in [3.8, 4) is 11.5 Å². The molecule has 0 bridgehead atoms. The topological polar surface area (TPSA) is 48.2 Å². The average molecular weight is 417 g/mol. The highest BCUT2D eigenvalue weighted by atomic mass is 127. The maximum atomic E-state index is 5.79. The Hall–Kier alpha value is -1.15. The average Bonchev–Trinajstić information content (AvgIpc) is 2.80. The Kier molecular flexibility index (Phi) is 3.21. The van der Waals surface area contributed by atoms with E-state index in [0.29, 0.717) is 16.8 Å². The second-order valence-electron chi connectivity index (χ2n) is 3.59. The molecule has 0 fully saturated rings. The van der Waals surface area contributed by atoms with Gasteiger partial charge in [-0.25, -0.2) is 4.63 Å². The summed E-state index contributed by atoms with van der Waals surface area (Å²) < 4.78 is 12.5. The van der Waals surface area contributed by atoms with Crippen molar-refractivity contribution in [3.05, 3.63) is 44.4 Å². The van der Waals surface area contributed by atoms with Gasteiger partial charge >= 0.3 is 0 Å². The number of fused-ring (bicyclic) bond motifs is 1. The van der Waals surface area contributed by atoms with Gasteiger partial charge in [-0.05, 0) is 69.3 Å². The molecule has 0 saturated carbocycles. The lowest BCUT2D eigenvalue weighted by atomic mass is 10.3. The van der Waals surface area contributed by atoms with Gasteiger partial charge in [0.25, 0.3) is 0 Å². The molecule has 18 heavy (non-hydrogen) atoms. The van der Waals surface area contributed by atoms with E-state index < -0.39 is 0 Å². The number of nitrogens with zero attached hydrogens (tertiary/aromatic N) is 2. The molecule has 0 atom stereocenters. The third-order valence-electron chi connectivity index (χ3n) is 2.33. The van der Waals surface area contributed by atoms with Crippen LogP contribution in [0.2, 0.25) is 0 Å². The molecule has 0 aliphatic rings. The van der Waals surface area contributed by atoms with Crippen molar-refractivity contribution in [2.75, 3.05) is 0 Å². The van der Waals surface area contributed by atoms with Gasteiger partial charge in [-0.3, -0.25) is 0 Å². The lowest BCUT2D eigenvalue weighted by Gasteiger charge is -2.06. The van der Waals surface area contributed by atoms with Crippen LogP contribution in [-0.4, -0.2) is 10.3 Å². The number of aromatic nitrogens is 2. The van der Waals surface area contributed by atoms with E-state index in [2.05, 4.69) is 48.8 Å². The summed E-state index contributed by atoms with van der Waals surface area (Å²) in [6.45, 7) is 0. The van der Waals surface area contributed by atoms with Crippen molar-refractivity contribution >= 4 is 49.6 Å². The highest BCUT2D eigenvalue weighted by molar-refractivity contribution is 14.1. The van der Waals surface area contributed by atoms with Crippen LogP contribution in [0.25, 0.3) is 11.0 Å². The van der Waals surface area contributed by atoms with E-state index in [1.165, 1.54) is 0 Å². The van der Waals surface area contributed by atoms with Crippen LogP contribution in [0.1, 0.15) is 0 Å². The monoisotopic (exact) mass is 416 g/mol. The van der Waals surface area contributed by atoms with Crippen LogP contribution in [0.4, 0.5) is 0 Å². The van der Waals surface area contributed by atoms with Gasteiger partial charge in [-0.15, -0.1) is 0 Å². The van der Waals surface area contributed by atoms with Gasteiger partial charge in [-0.2, -0.15) is 0 Å². The molecule has 90 valence electrons. The van der Waals surface area contributed by atoms with Crippen LogP contribution in [0, 0.1) is 3.57 Å². The van der Waals surface area contributed by atoms with E-state index in [1.807, 2.05) is 36.4 Å². The predicted octanol–water partition coefficient (Wildman–Crippen LogP) is 4.38. The highest BCUT2D eigenvalue weighted by Gasteiger charge is 2.10. The molecule has 0 radical (unpaired) electrons. The summed E-state index contributed by atoms with van der Waals surface area (Å²) in [5, 5.41) is 7.64. The van der Waals surface area contributed by atoms with Crippen LogP contribution >= 0.6 is 38.5 Å². The normalized spacial score (nSPS) is 10.8. The van der Waals surface area contributed by atoms with Crippen molar-refractivity contribution in [1.29, 1.82) is 0 Å². The van der Waals surface area contributed by atoms with Gasteiger partial charge < -0.3 is 4.74 Å². The zero-order chi connectivity index (χ0) is 12.5. The Morgan fingerprint density at radius 1 is 1.11 bits per heavy atom. The van der Waals surface area contributed by atoms with Gasteiger partial charge in [0, 0.05) is 8.04 Å². The quantitative estimate of drug-likeness (QED) is 0.581. The molecule has 6 heteroatoms. The van der Waals surface area contributed by atoms with Crippen LogP contribution < -0.4 is 4.74 Å². The molecule has 0 saturated heterocycles. The maximum Gasteiger partial charge on any atom is 0.177 e. The van der Waals surface area contributed by atoms with Crippen LogP contribution in [0.3, 0.4) is 0 Å². The Bertz CT molecular complexity index is 697. The van der Waals surface area contributed by atoms with Gasteiger partial charge in [0.15, 0.2) is 11.3 Å². The van der Waals surface area contributed by atoms with Crippen LogP contribution in [-0.2, 0) is 0 Å². The van der Waals surface area contributed by atoms with Crippen molar-refractivity contribution < 1.29 is 9.37 Å². The Labute approximate surface area is 125 Å². The molecule has 0 amide bonds. The molecule has 3 rings (SSSR count). The molecular formula is C12H6BrIN2O2. The number of ether oxygens (including phenoxy) is 1. The minimum absolute atomic E-state index is 0.608. The fourth-order valence-corrected chi connectivity index (χ4v) is 2.32. The first-order chi connectivity index (χ1) is 8.72. The molecule has 0 N–H and O–H groups in total. The molecule has 2 aromatic carbocycles. The molecule has 0 spiro atoms. The molecule has 1 heterocycles. The van der Waals surface area contributed by atoms with E-state index in [0.717, 1.165) is 13.8 Å². The second kappa shape index (κ2) is 4.85. The number of hydrogen-bond donors (Lipinski definition) is 0. The first kappa shape index (κ1) is 11.9. The number of benzene rings is 2. The standard InChI is InChI=1S/C12H6BrIN2O2/c13-7-5-10-12(16-18-15-10)11(6-7)17-9-3-1-8(14)2-4-9/h1-6H. The summed E-state index contributed by atoms with van der Waals surface area (Å²) >= 11 is 5.65. The van der Waals surface area contributed by atoms with Crippen LogP contribution in [0.5, 0.6) is 11.5 Å². The largest absolute Gasteiger partial charge is 0.455 e. The van der Waals surface area contributed by atoms with E-state index in [4.69, 9.17) is 9.37 Å². The number of rotatable bonds is 2. The second-order valence-corrected chi connectivity index (χ2v) is 5.75. The summed E-state index contributed by atoms with van der Waals surface area (Å²) in [5.74, 6) is 1.36. The fourth-order valence-electron chi connectivity index (χ4n) is 1.53. The molecule has 3 aromatic rings. The van der Waals surface area contributed by atoms with E-state index in [-0.39, 0.29) is 0 Å². The maximum absolute atomic E-state index is 5.79. The zero-order valence-electron chi connectivity index (χ0n) is 8.93. The SMILES string of the molecule is Brc1cc(Oc2ccc(I)cc2)c2nonc2c1. The smallest absolute Gasteiger partial charge is 0.177 e. The zero-order valence-corrected chi connectivity index (χ0v) is 12.7. The molecular weight excluding hydrogens is 411 g/mol. The first-order valence-corrected chi connectivity index (χ1v) is 6.95. The minimum Gasteiger partial charge on any atom is -0.455 e. The number of hydrogen-bond acceptors (Lipinski definition) is 4. The fraction of sp³-hybridized carbons (Fsp3) is 0.